The van der Waals surface area contributed by atoms with Crippen LogP contribution in [-0.2, 0) is 0 Å². The van der Waals surface area contributed by atoms with Crippen molar-refractivity contribution >= 4 is 16.8 Å². The van der Waals surface area contributed by atoms with Gasteiger partial charge in [-0.15, -0.1) is 0 Å². The quantitative estimate of drug-likeness (QED) is 0.806. The highest BCUT2D eigenvalue weighted by molar-refractivity contribution is 5.84. The summed E-state index contributed by atoms with van der Waals surface area (Å²) in [5.41, 5.74) is 0.912. The Morgan fingerprint density at radius 2 is 2.11 bits per heavy atom. The fourth-order valence-electron chi connectivity index (χ4n) is 1.97. The van der Waals surface area contributed by atoms with Crippen molar-refractivity contribution in [3.63, 3.8) is 0 Å². The molecule has 0 spiro atoms. The first-order chi connectivity index (χ1) is 9.15. The molecule has 1 heterocycles. The molecule has 1 aromatic carbocycles. The second kappa shape index (κ2) is 6.34. The fraction of sp³-hybridized carbons (Fsp3) is 0.312. The number of unbranched alkanes of at least 4 members (excludes halogenated alkanes) is 1. The van der Waals surface area contributed by atoms with E-state index in [0.29, 0.717) is 0 Å². The Morgan fingerprint density at radius 1 is 1.26 bits per heavy atom. The molecule has 0 amide bonds. The number of nitrogens with zero attached hydrogens (tertiary/aromatic N) is 1. The third-order valence-corrected chi connectivity index (χ3v) is 3.01. The van der Waals surface area contributed by atoms with Gasteiger partial charge in [0.15, 0.2) is 0 Å². The summed E-state index contributed by atoms with van der Waals surface area (Å²) in [5.74, 6) is 0.260. The molecule has 0 saturated heterocycles. The number of aliphatic hydroxyl groups is 1. The normalized spacial score (nSPS) is 13.2. The summed E-state index contributed by atoms with van der Waals surface area (Å²) < 4.78 is 0. The van der Waals surface area contributed by atoms with Crippen LogP contribution in [0.3, 0.4) is 0 Å². The van der Waals surface area contributed by atoms with Gasteiger partial charge in [0.25, 0.3) is 0 Å². The zero-order valence-corrected chi connectivity index (χ0v) is 11.1. The van der Waals surface area contributed by atoms with Gasteiger partial charge in [-0.1, -0.05) is 12.1 Å². The monoisotopic (exact) mass is 257 g/mol. The number of benzene rings is 1. The third kappa shape index (κ3) is 4.07. The maximum absolute atomic E-state index is 9.38. The zero-order chi connectivity index (χ0) is 13.7. The first kappa shape index (κ1) is 13.6. The predicted octanol–water partition coefficient (Wildman–Crippen LogP) is 3.50. The number of hydrogen-bond donors (Lipinski definition) is 2. The lowest BCUT2D eigenvalue weighted by Gasteiger charge is -2.01. The van der Waals surface area contributed by atoms with E-state index in [9.17, 15) is 5.11 Å². The Hall–Kier alpha value is -1.87. The Morgan fingerprint density at radius 3 is 2.89 bits per heavy atom. The number of hydrogen-bond acceptors (Lipinski definition) is 3. The molecule has 1 atom stereocenters. The van der Waals surface area contributed by atoms with Crippen molar-refractivity contribution in [2.45, 2.75) is 32.3 Å². The van der Waals surface area contributed by atoms with Gasteiger partial charge in [-0.3, -0.25) is 4.98 Å². The van der Waals surface area contributed by atoms with Gasteiger partial charge in [-0.05, 0) is 55.8 Å². The van der Waals surface area contributed by atoms with Crippen LogP contribution in [0.15, 0.2) is 36.5 Å². The van der Waals surface area contributed by atoms with Crippen LogP contribution in [-0.4, -0.2) is 21.3 Å². The highest BCUT2D eigenvalue weighted by Gasteiger charge is 1.97. The van der Waals surface area contributed by atoms with Gasteiger partial charge in [0.05, 0.1) is 11.8 Å². The standard InChI is InChI=1S/C16H19NO2/c1-12(18)5-3-2-4-6-15-9-13-7-8-16(19)10-14(13)11-17-15/h4,6-12,18-19H,2-3,5H2,1H3. The molecule has 0 aliphatic rings. The number of aromatic nitrogens is 1. The number of aromatic hydroxyl groups is 1. The molecule has 0 saturated carbocycles. The van der Waals surface area contributed by atoms with E-state index in [4.69, 9.17) is 5.11 Å². The van der Waals surface area contributed by atoms with Crippen molar-refractivity contribution in [1.82, 2.24) is 4.98 Å². The summed E-state index contributed by atoms with van der Waals surface area (Å²) >= 11 is 0. The van der Waals surface area contributed by atoms with E-state index in [2.05, 4.69) is 11.1 Å². The molecule has 2 aromatic rings. The second-order valence-corrected chi connectivity index (χ2v) is 4.82. The van der Waals surface area contributed by atoms with Crippen LogP contribution in [0.4, 0.5) is 0 Å². The molecule has 1 unspecified atom stereocenters. The minimum absolute atomic E-state index is 0.222. The van der Waals surface area contributed by atoms with Gasteiger partial charge < -0.3 is 10.2 Å². The second-order valence-electron chi connectivity index (χ2n) is 4.82. The van der Waals surface area contributed by atoms with Crippen molar-refractivity contribution in [1.29, 1.82) is 0 Å². The Bertz CT molecular complexity index is 576. The van der Waals surface area contributed by atoms with Crippen molar-refractivity contribution < 1.29 is 10.2 Å². The van der Waals surface area contributed by atoms with E-state index in [1.54, 1.807) is 18.3 Å². The molecule has 2 rings (SSSR count). The summed E-state index contributed by atoms with van der Waals surface area (Å²) in [4.78, 5) is 4.33. The molecular weight excluding hydrogens is 238 g/mol. The lowest BCUT2D eigenvalue weighted by molar-refractivity contribution is 0.182. The van der Waals surface area contributed by atoms with Gasteiger partial charge in [0, 0.05) is 11.6 Å². The molecule has 100 valence electrons. The SMILES string of the molecule is CC(O)CCCC=Cc1cc2ccc(O)cc2cn1. The average Bonchev–Trinajstić information content (AvgIpc) is 2.38. The summed E-state index contributed by atoms with van der Waals surface area (Å²) in [6.07, 6.45) is 8.38. The summed E-state index contributed by atoms with van der Waals surface area (Å²) in [5, 5.41) is 20.5. The number of pyridine rings is 1. The molecular formula is C16H19NO2. The van der Waals surface area contributed by atoms with Crippen LogP contribution in [0.2, 0.25) is 0 Å². The topological polar surface area (TPSA) is 53.4 Å². The summed E-state index contributed by atoms with van der Waals surface area (Å²) in [7, 11) is 0. The van der Waals surface area contributed by atoms with Crippen LogP contribution in [0.25, 0.3) is 16.8 Å². The number of aliphatic hydroxyl groups excluding tert-OH is 1. The average molecular weight is 257 g/mol. The minimum Gasteiger partial charge on any atom is -0.508 e. The van der Waals surface area contributed by atoms with Gasteiger partial charge in [-0.25, -0.2) is 0 Å². The summed E-state index contributed by atoms with van der Waals surface area (Å²) in [6.45, 7) is 1.81. The Kier molecular flexibility index (Phi) is 4.53. The summed E-state index contributed by atoms with van der Waals surface area (Å²) in [6, 6.07) is 7.27. The van der Waals surface area contributed by atoms with Gasteiger partial charge in [0.2, 0.25) is 0 Å². The molecule has 0 bridgehead atoms. The van der Waals surface area contributed by atoms with E-state index < -0.39 is 0 Å². The van der Waals surface area contributed by atoms with Crippen molar-refractivity contribution in [2.75, 3.05) is 0 Å². The fourth-order valence-corrected chi connectivity index (χ4v) is 1.97. The first-order valence-corrected chi connectivity index (χ1v) is 6.58. The predicted molar refractivity (Wildman–Crippen MR) is 78.0 cm³/mol. The van der Waals surface area contributed by atoms with Crippen LogP contribution in [0.1, 0.15) is 31.9 Å². The molecule has 3 nitrogen and oxygen atoms in total. The lowest BCUT2D eigenvalue weighted by atomic mass is 10.1. The van der Waals surface area contributed by atoms with Gasteiger partial charge >= 0.3 is 0 Å². The van der Waals surface area contributed by atoms with E-state index >= 15 is 0 Å². The Labute approximate surface area is 113 Å². The molecule has 0 aliphatic heterocycles. The number of allylic oxidation sites excluding steroid dienone is 1. The maximum atomic E-state index is 9.38. The highest BCUT2D eigenvalue weighted by Crippen LogP contribution is 2.20. The van der Waals surface area contributed by atoms with Gasteiger partial charge in [0.1, 0.15) is 5.75 Å². The number of fused-ring (bicyclic) bond motifs is 1. The molecule has 3 heteroatoms. The van der Waals surface area contributed by atoms with Crippen LogP contribution in [0.5, 0.6) is 5.75 Å². The number of phenolic OH excluding ortho intramolecular Hbond substituents is 1. The smallest absolute Gasteiger partial charge is 0.116 e. The first-order valence-electron chi connectivity index (χ1n) is 6.58. The molecule has 2 N–H and O–H groups in total. The maximum Gasteiger partial charge on any atom is 0.116 e. The molecule has 0 radical (unpaired) electrons. The molecule has 0 aliphatic carbocycles. The van der Waals surface area contributed by atoms with Crippen molar-refractivity contribution in [3.8, 4) is 5.75 Å². The molecule has 1 aromatic heterocycles. The minimum atomic E-state index is -0.222. The molecule has 19 heavy (non-hydrogen) atoms. The van der Waals surface area contributed by atoms with Crippen LogP contribution < -0.4 is 0 Å². The third-order valence-electron chi connectivity index (χ3n) is 3.01. The van der Waals surface area contributed by atoms with E-state index in [1.807, 2.05) is 25.1 Å². The van der Waals surface area contributed by atoms with Crippen molar-refractivity contribution in [2.24, 2.45) is 0 Å². The van der Waals surface area contributed by atoms with Crippen LogP contribution in [0, 0.1) is 0 Å². The largest absolute Gasteiger partial charge is 0.508 e. The van der Waals surface area contributed by atoms with E-state index in [-0.39, 0.29) is 11.9 Å². The zero-order valence-electron chi connectivity index (χ0n) is 11.1. The number of phenols is 1. The van der Waals surface area contributed by atoms with E-state index in [0.717, 1.165) is 35.7 Å². The number of rotatable bonds is 5. The van der Waals surface area contributed by atoms with E-state index in [1.165, 1.54) is 0 Å². The van der Waals surface area contributed by atoms with Crippen LogP contribution >= 0.6 is 0 Å². The van der Waals surface area contributed by atoms with Gasteiger partial charge in [-0.2, -0.15) is 0 Å². The highest BCUT2D eigenvalue weighted by atomic mass is 16.3. The molecule has 0 fully saturated rings. The van der Waals surface area contributed by atoms with Crippen molar-refractivity contribution in [3.05, 3.63) is 42.2 Å². The Balaban J connectivity index is 2.01. The lowest BCUT2D eigenvalue weighted by Crippen LogP contribution is -1.97.